The second-order valence-electron chi connectivity index (χ2n) is 9.45. The standard InChI is InChI=1S/C30H23BrF2N2S/c1-18-14-22(16-19-2-10-24(32)11-3-19)28-26(15-18)29(21-6-12-25(33)13-7-21)35-27(17-36-30(35)34-28)20-4-8-23(31)9-5-20/h2-13,16-18,29H,14-15H2,1H3/b22-16+/t18-,29-/m0/s1. The second-order valence-corrected chi connectivity index (χ2v) is 11.2. The van der Waals surface area contributed by atoms with Gasteiger partial charge in [0.25, 0.3) is 0 Å². The third-order valence-electron chi connectivity index (χ3n) is 6.82. The Morgan fingerprint density at radius 3 is 2.28 bits per heavy atom. The highest BCUT2D eigenvalue weighted by atomic mass is 79.9. The van der Waals surface area contributed by atoms with Gasteiger partial charge in [0.05, 0.1) is 17.4 Å². The molecule has 2 nitrogen and oxygen atoms in total. The lowest BCUT2D eigenvalue weighted by Gasteiger charge is -2.41. The molecule has 180 valence electrons. The molecule has 0 aromatic heterocycles. The fourth-order valence-electron chi connectivity index (χ4n) is 5.22. The van der Waals surface area contributed by atoms with Crippen LogP contribution < -0.4 is 0 Å². The number of nitrogens with zero attached hydrogens (tertiary/aromatic N) is 2. The number of aliphatic imine (C=N–C) groups is 1. The monoisotopic (exact) mass is 560 g/mol. The Morgan fingerprint density at radius 2 is 1.58 bits per heavy atom. The van der Waals surface area contributed by atoms with Gasteiger partial charge in [0.15, 0.2) is 5.17 Å². The highest BCUT2D eigenvalue weighted by Crippen LogP contribution is 2.52. The number of fused-ring (bicyclic) bond motifs is 1. The maximum Gasteiger partial charge on any atom is 0.174 e. The number of allylic oxidation sites excluding steroid dienone is 1. The van der Waals surface area contributed by atoms with Gasteiger partial charge in [-0.3, -0.25) is 0 Å². The van der Waals surface area contributed by atoms with Gasteiger partial charge in [-0.2, -0.15) is 0 Å². The van der Waals surface area contributed by atoms with E-state index in [1.165, 1.54) is 29.8 Å². The Bertz CT molecular complexity index is 1440. The summed E-state index contributed by atoms with van der Waals surface area (Å²) in [6.07, 6.45) is 3.94. The molecule has 1 aliphatic carbocycles. The number of hydrogen-bond donors (Lipinski definition) is 0. The van der Waals surface area contributed by atoms with Crippen molar-refractivity contribution in [1.29, 1.82) is 0 Å². The molecule has 0 radical (unpaired) electrons. The van der Waals surface area contributed by atoms with Crippen molar-refractivity contribution in [2.24, 2.45) is 10.9 Å². The van der Waals surface area contributed by atoms with Gasteiger partial charge < -0.3 is 4.90 Å². The van der Waals surface area contributed by atoms with E-state index < -0.39 is 0 Å². The van der Waals surface area contributed by atoms with E-state index in [2.05, 4.69) is 51.4 Å². The van der Waals surface area contributed by atoms with Gasteiger partial charge in [-0.05, 0) is 89.1 Å². The molecule has 3 aromatic carbocycles. The third kappa shape index (κ3) is 4.37. The van der Waals surface area contributed by atoms with E-state index in [0.717, 1.165) is 56.1 Å². The van der Waals surface area contributed by atoms with Gasteiger partial charge in [0.2, 0.25) is 0 Å². The lowest BCUT2D eigenvalue weighted by Crippen LogP contribution is -2.35. The topological polar surface area (TPSA) is 15.6 Å². The van der Waals surface area contributed by atoms with Crippen molar-refractivity contribution in [2.75, 3.05) is 0 Å². The predicted molar refractivity (Wildman–Crippen MR) is 148 cm³/mol. The van der Waals surface area contributed by atoms with Gasteiger partial charge >= 0.3 is 0 Å². The number of rotatable bonds is 3. The van der Waals surface area contributed by atoms with Gasteiger partial charge in [0.1, 0.15) is 11.6 Å². The lowest BCUT2D eigenvalue weighted by molar-refractivity contribution is 0.425. The number of benzene rings is 3. The van der Waals surface area contributed by atoms with Crippen molar-refractivity contribution in [3.63, 3.8) is 0 Å². The maximum atomic E-state index is 13.9. The van der Waals surface area contributed by atoms with Gasteiger partial charge in [-0.25, -0.2) is 13.8 Å². The molecule has 0 N–H and O–H groups in total. The number of thioether (sulfide) groups is 1. The normalized spacial score (nSPS) is 22.3. The van der Waals surface area contributed by atoms with Crippen LogP contribution in [0.2, 0.25) is 0 Å². The van der Waals surface area contributed by atoms with Crippen LogP contribution in [0, 0.1) is 17.6 Å². The highest BCUT2D eigenvalue weighted by Gasteiger charge is 2.41. The number of hydrogen-bond acceptors (Lipinski definition) is 3. The molecule has 6 heteroatoms. The molecule has 0 bridgehead atoms. The van der Waals surface area contributed by atoms with Crippen LogP contribution in [0.15, 0.2) is 105 Å². The zero-order valence-corrected chi connectivity index (χ0v) is 22.0. The Labute approximate surface area is 222 Å². The molecule has 2 aliphatic heterocycles. The highest BCUT2D eigenvalue weighted by molar-refractivity contribution is 9.10. The minimum Gasteiger partial charge on any atom is -0.308 e. The molecule has 0 saturated heterocycles. The van der Waals surface area contributed by atoms with E-state index in [1.807, 2.05) is 24.3 Å². The molecule has 2 atom stereocenters. The summed E-state index contributed by atoms with van der Waals surface area (Å²) in [7, 11) is 0. The Hall–Kier alpha value is -2.96. The summed E-state index contributed by atoms with van der Waals surface area (Å²) in [5.41, 5.74) is 7.61. The molecular formula is C30H23BrF2N2S. The summed E-state index contributed by atoms with van der Waals surface area (Å²) >= 11 is 5.16. The van der Waals surface area contributed by atoms with Crippen molar-refractivity contribution in [3.05, 3.63) is 128 Å². The predicted octanol–water partition coefficient (Wildman–Crippen LogP) is 8.95. The summed E-state index contributed by atoms with van der Waals surface area (Å²) in [4.78, 5) is 7.49. The molecule has 0 amide bonds. The molecule has 2 heterocycles. The Balaban J connectivity index is 1.50. The van der Waals surface area contributed by atoms with E-state index in [9.17, 15) is 8.78 Å². The average Bonchev–Trinajstić information content (AvgIpc) is 3.29. The molecule has 36 heavy (non-hydrogen) atoms. The Kier molecular flexibility index (Phi) is 6.18. The first-order valence-electron chi connectivity index (χ1n) is 11.9. The van der Waals surface area contributed by atoms with Crippen LogP contribution in [-0.4, -0.2) is 10.1 Å². The molecule has 3 aliphatic rings. The Morgan fingerprint density at radius 1 is 0.917 bits per heavy atom. The average molecular weight is 561 g/mol. The molecular weight excluding hydrogens is 538 g/mol. The van der Waals surface area contributed by atoms with Crippen LogP contribution in [0.4, 0.5) is 8.78 Å². The van der Waals surface area contributed by atoms with Crippen LogP contribution in [0.5, 0.6) is 0 Å². The largest absolute Gasteiger partial charge is 0.308 e. The molecule has 0 fully saturated rings. The third-order valence-corrected chi connectivity index (χ3v) is 8.19. The first-order valence-corrected chi connectivity index (χ1v) is 13.6. The SMILES string of the molecule is C[C@@H]1CC2=C(N=C3SC=C(c4ccc(Br)cc4)N3[C@H]2c2ccc(F)cc2)/C(=C/c2ccc(F)cc2)C1. The van der Waals surface area contributed by atoms with Crippen LogP contribution in [0.3, 0.4) is 0 Å². The van der Waals surface area contributed by atoms with Gasteiger partial charge in [-0.1, -0.05) is 71.0 Å². The summed E-state index contributed by atoms with van der Waals surface area (Å²) in [6.45, 7) is 2.26. The van der Waals surface area contributed by atoms with E-state index >= 15 is 0 Å². The maximum absolute atomic E-state index is 13.9. The zero-order valence-electron chi connectivity index (χ0n) is 19.6. The molecule has 6 rings (SSSR count). The van der Waals surface area contributed by atoms with Crippen LogP contribution in [-0.2, 0) is 0 Å². The van der Waals surface area contributed by atoms with Crippen molar-refractivity contribution in [3.8, 4) is 0 Å². The summed E-state index contributed by atoms with van der Waals surface area (Å²) < 4.78 is 28.5. The molecule has 3 aromatic rings. The number of halogens is 3. The van der Waals surface area contributed by atoms with Crippen molar-refractivity contribution in [2.45, 2.75) is 25.8 Å². The molecule has 0 saturated carbocycles. The van der Waals surface area contributed by atoms with Crippen LogP contribution in [0.1, 0.15) is 42.5 Å². The smallest absolute Gasteiger partial charge is 0.174 e. The molecule has 0 spiro atoms. The lowest BCUT2D eigenvalue weighted by atomic mass is 9.78. The summed E-state index contributed by atoms with van der Waals surface area (Å²) in [5, 5.41) is 3.07. The van der Waals surface area contributed by atoms with Crippen molar-refractivity contribution >= 4 is 44.6 Å². The first kappa shape index (κ1) is 23.4. The van der Waals surface area contributed by atoms with Crippen molar-refractivity contribution in [1.82, 2.24) is 4.90 Å². The number of amidine groups is 1. The minimum atomic E-state index is -0.244. The van der Waals surface area contributed by atoms with E-state index in [4.69, 9.17) is 4.99 Å². The van der Waals surface area contributed by atoms with E-state index in [0.29, 0.717) is 5.92 Å². The van der Waals surface area contributed by atoms with E-state index in [-0.39, 0.29) is 17.7 Å². The van der Waals surface area contributed by atoms with E-state index in [1.54, 1.807) is 23.9 Å². The first-order chi connectivity index (χ1) is 17.5. The minimum absolute atomic E-state index is 0.0858. The van der Waals surface area contributed by atoms with Gasteiger partial charge in [-0.15, -0.1) is 0 Å². The summed E-state index contributed by atoms with van der Waals surface area (Å²) in [5.74, 6) is -0.0653. The van der Waals surface area contributed by atoms with Gasteiger partial charge in [0, 0.05) is 9.88 Å². The van der Waals surface area contributed by atoms with Crippen LogP contribution in [0.25, 0.3) is 11.8 Å². The van der Waals surface area contributed by atoms with Crippen molar-refractivity contribution < 1.29 is 8.78 Å². The second kappa shape index (κ2) is 9.49. The summed E-state index contributed by atoms with van der Waals surface area (Å²) in [6, 6.07) is 21.7. The zero-order chi connectivity index (χ0) is 24.8. The van der Waals surface area contributed by atoms with Crippen LogP contribution >= 0.6 is 27.7 Å². The fourth-order valence-corrected chi connectivity index (χ4v) is 6.42. The fraction of sp³-hybridized carbons (Fsp3) is 0.167. The quantitative estimate of drug-likeness (QED) is 0.317. The molecule has 0 unspecified atom stereocenters.